The van der Waals surface area contributed by atoms with Crippen molar-refractivity contribution in [2.24, 2.45) is 0 Å². The number of aromatic nitrogens is 3. The molecule has 0 radical (unpaired) electrons. The standard InChI is InChI=1S/C20H22FN5OS/c1-12(2)14-9-6-7-13(3)18(14)23-17(27)11-28-20-25-24-19(26(20)22)15-8-4-5-10-16(15)21/h4-10,12H,11,22H2,1-3H3,(H,23,27). The maximum atomic E-state index is 14.0. The van der Waals surface area contributed by atoms with Crippen molar-refractivity contribution < 1.29 is 9.18 Å². The zero-order valence-electron chi connectivity index (χ0n) is 15.9. The highest BCUT2D eigenvalue weighted by Gasteiger charge is 2.17. The van der Waals surface area contributed by atoms with Crippen LogP contribution < -0.4 is 11.2 Å². The SMILES string of the molecule is Cc1cccc(C(C)C)c1NC(=O)CSc1nnc(-c2ccccc2F)n1N. The normalized spacial score (nSPS) is 11.0. The number of nitrogens with zero attached hydrogens (tertiary/aromatic N) is 3. The largest absolute Gasteiger partial charge is 0.335 e. The third-order valence-corrected chi connectivity index (χ3v) is 5.25. The first-order chi connectivity index (χ1) is 13.4. The average molecular weight is 399 g/mol. The Balaban J connectivity index is 1.71. The number of nitrogens with one attached hydrogen (secondary N) is 1. The second kappa shape index (κ2) is 8.43. The number of nitrogen functional groups attached to an aromatic ring is 1. The van der Waals surface area contributed by atoms with Gasteiger partial charge in [-0.2, -0.15) is 0 Å². The van der Waals surface area contributed by atoms with Crippen molar-refractivity contribution in [3.8, 4) is 11.4 Å². The lowest BCUT2D eigenvalue weighted by Gasteiger charge is -2.16. The van der Waals surface area contributed by atoms with Gasteiger partial charge >= 0.3 is 0 Å². The average Bonchev–Trinajstić information content (AvgIpc) is 3.02. The smallest absolute Gasteiger partial charge is 0.234 e. The third kappa shape index (κ3) is 4.17. The van der Waals surface area contributed by atoms with Crippen LogP contribution in [0, 0.1) is 12.7 Å². The zero-order chi connectivity index (χ0) is 20.3. The van der Waals surface area contributed by atoms with Gasteiger partial charge in [0, 0.05) is 5.69 Å². The molecule has 0 aliphatic heterocycles. The Kier molecular flexibility index (Phi) is 5.99. The van der Waals surface area contributed by atoms with Gasteiger partial charge in [-0.1, -0.05) is 55.9 Å². The van der Waals surface area contributed by atoms with Crippen molar-refractivity contribution >= 4 is 23.4 Å². The van der Waals surface area contributed by atoms with Crippen molar-refractivity contribution in [3.63, 3.8) is 0 Å². The number of hydrogen-bond acceptors (Lipinski definition) is 5. The number of carbonyl (C=O) groups is 1. The number of rotatable bonds is 6. The van der Waals surface area contributed by atoms with Crippen molar-refractivity contribution in [3.05, 3.63) is 59.4 Å². The maximum Gasteiger partial charge on any atom is 0.234 e. The highest BCUT2D eigenvalue weighted by Crippen LogP contribution is 2.28. The summed E-state index contributed by atoms with van der Waals surface area (Å²) in [5.74, 6) is 6.01. The van der Waals surface area contributed by atoms with Gasteiger partial charge in [0.05, 0.1) is 11.3 Å². The number of halogens is 1. The Morgan fingerprint density at radius 2 is 1.96 bits per heavy atom. The fourth-order valence-corrected chi connectivity index (χ4v) is 3.51. The van der Waals surface area contributed by atoms with E-state index in [0.717, 1.165) is 28.6 Å². The molecule has 0 saturated carbocycles. The minimum atomic E-state index is -0.434. The van der Waals surface area contributed by atoms with E-state index in [1.165, 1.54) is 10.7 Å². The Labute approximate surface area is 167 Å². The lowest BCUT2D eigenvalue weighted by Crippen LogP contribution is -2.18. The minimum Gasteiger partial charge on any atom is -0.335 e. The number of benzene rings is 2. The summed E-state index contributed by atoms with van der Waals surface area (Å²) in [5.41, 5.74) is 3.19. The molecule has 0 fully saturated rings. The van der Waals surface area contributed by atoms with Gasteiger partial charge in [0.1, 0.15) is 5.82 Å². The number of anilines is 1. The van der Waals surface area contributed by atoms with Gasteiger partial charge in [0.2, 0.25) is 11.1 Å². The van der Waals surface area contributed by atoms with Gasteiger partial charge in [-0.3, -0.25) is 4.79 Å². The van der Waals surface area contributed by atoms with Gasteiger partial charge in [0.15, 0.2) is 5.82 Å². The van der Waals surface area contributed by atoms with Gasteiger partial charge in [-0.25, -0.2) is 9.07 Å². The van der Waals surface area contributed by atoms with Crippen LogP contribution in [-0.2, 0) is 4.79 Å². The summed E-state index contributed by atoms with van der Waals surface area (Å²) in [4.78, 5) is 12.5. The van der Waals surface area contributed by atoms with Gasteiger partial charge in [-0.05, 0) is 36.1 Å². The molecule has 1 heterocycles. The molecular weight excluding hydrogens is 377 g/mol. The Morgan fingerprint density at radius 1 is 1.21 bits per heavy atom. The third-order valence-electron chi connectivity index (χ3n) is 4.30. The fourth-order valence-electron chi connectivity index (χ4n) is 2.85. The number of amides is 1. The van der Waals surface area contributed by atoms with Crippen LogP contribution in [0.4, 0.5) is 10.1 Å². The van der Waals surface area contributed by atoms with Crippen molar-refractivity contribution in [2.45, 2.75) is 31.8 Å². The van der Waals surface area contributed by atoms with E-state index in [-0.39, 0.29) is 23.0 Å². The van der Waals surface area contributed by atoms with E-state index in [0.29, 0.717) is 11.1 Å². The molecule has 0 bridgehead atoms. The fraction of sp³-hybridized carbons (Fsp3) is 0.250. The monoisotopic (exact) mass is 399 g/mol. The number of aryl methyl sites for hydroxylation is 1. The maximum absolute atomic E-state index is 14.0. The van der Waals surface area contributed by atoms with Crippen LogP contribution in [0.15, 0.2) is 47.6 Å². The molecule has 1 aromatic heterocycles. The van der Waals surface area contributed by atoms with Gasteiger partial charge < -0.3 is 11.2 Å². The molecule has 6 nitrogen and oxygen atoms in total. The van der Waals surface area contributed by atoms with Crippen molar-refractivity contribution in [2.75, 3.05) is 16.9 Å². The first-order valence-electron chi connectivity index (χ1n) is 8.86. The summed E-state index contributed by atoms with van der Waals surface area (Å²) < 4.78 is 15.2. The Hall–Kier alpha value is -2.87. The molecule has 3 rings (SSSR count). The summed E-state index contributed by atoms with van der Waals surface area (Å²) in [7, 11) is 0. The van der Waals surface area contributed by atoms with Crippen LogP contribution in [0.5, 0.6) is 0 Å². The van der Waals surface area contributed by atoms with Crippen LogP contribution in [0.3, 0.4) is 0 Å². The summed E-state index contributed by atoms with van der Waals surface area (Å²) in [6.07, 6.45) is 0. The highest BCUT2D eigenvalue weighted by molar-refractivity contribution is 7.99. The summed E-state index contributed by atoms with van der Waals surface area (Å²) in [5, 5.41) is 11.3. The van der Waals surface area contributed by atoms with E-state index in [1.54, 1.807) is 18.2 Å². The first kappa shape index (κ1) is 19.9. The van der Waals surface area contributed by atoms with Gasteiger partial charge in [0.25, 0.3) is 0 Å². The van der Waals surface area contributed by atoms with Crippen molar-refractivity contribution in [1.29, 1.82) is 0 Å². The van der Waals surface area contributed by atoms with Gasteiger partial charge in [-0.15, -0.1) is 10.2 Å². The lowest BCUT2D eigenvalue weighted by molar-refractivity contribution is -0.113. The van der Waals surface area contributed by atoms with E-state index in [2.05, 4.69) is 29.4 Å². The molecule has 3 N–H and O–H groups in total. The Bertz CT molecular complexity index is 1000. The molecule has 28 heavy (non-hydrogen) atoms. The molecule has 3 aromatic rings. The molecule has 1 amide bonds. The molecule has 0 aliphatic carbocycles. The summed E-state index contributed by atoms with van der Waals surface area (Å²) in [6.45, 7) is 6.13. The summed E-state index contributed by atoms with van der Waals surface area (Å²) in [6, 6.07) is 12.2. The van der Waals surface area contributed by atoms with E-state index in [9.17, 15) is 9.18 Å². The van der Waals surface area contributed by atoms with E-state index in [1.807, 2.05) is 25.1 Å². The number of para-hydroxylation sites is 1. The van der Waals surface area contributed by atoms with E-state index in [4.69, 9.17) is 5.84 Å². The van der Waals surface area contributed by atoms with Crippen LogP contribution >= 0.6 is 11.8 Å². The van der Waals surface area contributed by atoms with E-state index >= 15 is 0 Å². The minimum absolute atomic E-state index is 0.110. The predicted octanol–water partition coefficient (Wildman–Crippen LogP) is 3.96. The molecule has 0 saturated heterocycles. The summed E-state index contributed by atoms with van der Waals surface area (Å²) >= 11 is 1.15. The number of nitrogens with two attached hydrogens (primary N) is 1. The topological polar surface area (TPSA) is 85.8 Å². The molecule has 0 aliphatic rings. The van der Waals surface area contributed by atoms with E-state index < -0.39 is 5.82 Å². The number of thioether (sulfide) groups is 1. The molecule has 8 heteroatoms. The second-order valence-corrected chi connectivity index (χ2v) is 7.63. The second-order valence-electron chi connectivity index (χ2n) is 6.69. The first-order valence-corrected chi connectivity index (χ1v) is 9.84. The van der Waals surface area contributed by atoms with Crippen LogP contribution in [0.2, 0.25) is 0 Å². The lowest BCUT2D eigenvalue weighted by atomic mass is 9.98. The molecule has 0 atom stereocenters. The predicted molar refractivity (Wildman–Crippen MR) is 110 cm³/mol. The molecule has 0 spiro atoms. The van der Waals surface area contributed by atoms with Crippen LogP contribution in [0.25, 0.3) is 11.4 Å². The van der Waals surface area contributed by atoms with Crippen molar-refractivity contribution in [1.82, 2.24) is 14.9 Å². The van der Waals surface area contributed by atoms with Crippen LogP contribution in [-0.4, -0.2) is 26.5 Å². The molecule has 146 valence electrons. The van der Waals surface area contributed by atoms with Crippen LogP contribution in [0.1, 0.15) is 30.9 Å². The Morgan fingerprint density at radius 3 is 2.68 bits per heavy atom. The number of carbonyl (C=O) groups excluding carboxylic acids is 1. The molecular formula is C20H22FN5OS. The molecule has 2 aromatic carbocycles. The zero-order valence-corrected chi connectivity index (χ0v) is 16.8. The highest BCUT2D eigenvalue weighted by atomic mass is 32.2. The molecule has 0 unspecified atom stereocenters. The quantitative estimate of drug-likeness (QED) is 0.484. The number of hydrogen-bond donors (Lipinski definition) is 2.